The maximum atomic E-state index is 12.3. The molecule has 2 aromatic carbocycles. The summed E-state index contributed by atoms with van der Waals surface area (Å²) in [4.78, 5) is 23.0. The first-order valence-electron chi connectivity index (χ1n) is 9.32. The van der Waals surface area contributed by atoms with E-state index in [2.05, 4.69) is 36.1 Å². The van der Waals surface area contributed by atoms with Crippen LogP contribution in [0.2, 0.25) is 0 Å². The van der Waals surface area contributed by atoms with Gasteiger partial charge in [-0.25, -0.2) is 9.97 Å². The Morgan fingerprint density at radius 3 is 2.64 bits per heavy atom. The molecule has 0 saturated carbocycles. The molecule has 1 fully saturated rings. The minimum Gasteiger partial charge on any atom is -0.483 e. The van der Waals surface area contributed by atoms with Crippen molar-refractivity contribution in [2.24, 2.45) is 0 Å². The Morgan fingerprint density at radius 2 is 1.86 bits per heavy atom. The number of nitrogens with zero attached hydrogens (tertiary/aromatic N) is 3. The van der Waals surface area contributed by atoms with E-state index < -0.39 is 0 Å². The third kappa shape index (κ3) is 4.25. The summed E-state index contributed by atoms with van der Waals surface area (Å²) in [5.41, 5.74) is 0. The van der Waals surface area contributed by atoms with Crippen molar-refractivity contribution < 1.29 is 9.53 Å². The number of ether oxygens (including phenoxy) is 1. The molecule has 6 nitrogen and oxygen atoms in total. The van der Waals surface area contributed by atoms with E-state index in [9.17, 15) is 4.79 Å². The third-order valence-electron chi connectivity index (χ3n) is 4.88. The molecular weight excluding hydrogens is 420 g/mol. The van der Waals surface area contributed by atoms with Crippen LogP contribution in [0.3, 0.4) is 0 Å². The number of rotatable bonds is 5. The molecule has 28 heavy (non-hydrogen) atoms. The maximum Gasteiger partial charge on any atom is 0.258 e. The fraction of sp³-hybridized carbons (Fsp3) is 0.286. The van der Waals surface area contributed by atoms with Gasteiger partial charge in [-0.05, 0) is 51.7 Å². The SMILES string of the molecule is O=C(COc1ccc2ccccc2c1Br)NC1CCN(c2ncccn2)CC1. The first-order valence-corrected chi connectivity index (χ1v) is 10.1. The maximum absolute atomic E-state index is 12.3. The van der Waals surface area contributed by atoms with Gasteiger partial charge in [-0.3, -0.25) is 4.79 Å². The number of hydrogen-bond acceptors (Lipinski definition) is 5. The summed E-state index contributed by atoms with van der Waals surface area (Å²) >= 11 is 3.59. The number of piperidine rings is 1. The van der Waals surface area contributed by atoms with Gasteiger partial charge in [0.25, 0.3) is 5.91 Å². The molecule has 1 N–H and O–H groups in total. The average molecular weight is 441 g/mol. The Kier molecular flexibility index (Phi) is 5.71. The Bertz CT molecular complexity index is 959. The summed E-state index contributed by atoms with van der Waals surface area (Å²) in [6, 6.07) is 13.9. The lowest BCUT2D eigenvalue weighted by Crippen LogP contribution is -2.46. The Balaban J connectivity index is 1.28. The van der Waals surface area contributed by atoms with Crippen LogP contribution in [0.1, 0.15) is 12.8 Å². The molecule has 1 aromatic heterocycles. The van der Waals surface area contributed by atoms with Crippen LogP contribution < -0.4 is 15.0 Å². The molecule has 1 aliphatic heterocycles. The Morgan fingerprint density at radius 1 is 1.11 bits per heavy atom. The molecule has 4 rings (SSSR count). The van der Waals surface area contributed by atoms with E-state index in [1.165, 1.54) is 0 Å². The van der Waals surface area contributed by atoms with Crippen molar-refractivity contribution in [3.05, 3.63) is 59.3 Å². The minimum atomic E-state index is -0.102. The van der Waals surface area contributed by atoms with E-state index >= 15 is 0 Å². The van der Waals surface area contributed by atoms with E-state index in [4.69, 9.17) is 4.74 Å². The normalized spacial score (nSPS) is 14.8. The van der Waals surface area contributed by atoms with E-state index in [1.54, 1.807) is 12.4 Å². The zero-order valence-corrected chi connectivity index (χ0v) is 16.9. The van der Waals surface area contributed by atoms with Crippen molar-refractivity contribution in [2.45, 2.75) is 18.9 Å². The number of anilines is 1. The van der Waals surface area contributed by atoms with Crippen molar-refractivity contribution in [3.8, 4) is 5.75 Å². The first-order chi connectivity index (χ1) is 13.7. The van der Waals surface area contributed by atoms with Crippen LogP contribution in [0.4, 0.5) is 5.95 Å². The topological polar surface area (TPSA) is 67.3 Å². The van der Waals surface area contributed by atoms with Crippen molar-refractivity contribution >= 4 is 38.6 Å². The average Bonchev–Trinajstić information content (AvgIpc) is 2.75. The highest BCUT2D eigenvalue weighted by Gasteiger charge is 2.22. The van der Waals surface area contributed by atoms with Crippen molar-refractivity contribution in [2.75, 3.05) is 24.6 Å². The molecule has 3 aromatic rings. The summed E-state index contributed by atoms with van der Waals surface area (Å²) in [5.74, 6) is 1.32. The fourth-order valence-electron chi connectivity index (χ4n) is 3.42. The van der Waals surface area contributed by atoms with Crippen molar-refractivity contribution in [1.29, 1.82) is 0 Å². The van der Waals surface area contributed by atoms with Gasteiger partial charge in [0.2, 0.25) is 5.95 Å². The van der Waals surface area contributed by atoms with Gasteiger partial charge < -0.3 is 15.0 Å². The lowest BCUT2D eigenvalue weighted by Gasteiger charge is -2.32. The summed E-state index contributed by atoms with van der Waals surface area (Å²) < 4.78 is 6.62. The van der Waals surface area contributed by atoms with Crippen LogP contribution in [-0.2, 0) is 4.79 Å². The Hall–Kier alpha value is -2.67. The molecule has 0 bridgehead atoms. The lowest BCUT2D eigenvalue weighted by atomic mass is 10.1. The fourth-order valence-corrected chi connectivity index (χ4v) is 4.02. The van der Waals surface area contributed by atoms with Gasteiger partial charge in [0.1, 0.15) is 5.75 Å². The van der Waals surface area contributed by atoms with Crippen molar-refractivity contribution in [1.82, 2.24) is 15.3 Å². The second-order valence-electron chi connectivity index (χ2n) is 6.77. The predicted octanol–water partition coefficient (Wildman–Crippen LogP) is 3.56. The molecule has 0 radical (unpaired) electrons. The highest BCUT2D eigenvalue weighted by molar-refractivity contribution is 9.10. The molecule has 0 spiro atoms. The molecule has 144 valence electrons. The quantitative estimate of drug-likeness (QED) is 0.656. The number of amides is 1. The minimum absolute atomic E-state index is 0.00104. The molecule has 0 aliphatic carbocycles. The van der Waals surface area contributed by atoms with Gasteiger partial charge in [-0.1, -0.05) is 30.3 Å². The third-order valence-corrected chi connectivity index (χ3v) is 5.70. The van der Waals surface area contributed by atoms with Crippen LogP contribution in [0.15, 0.2) is 59.3 Å². The number of halogens is 1. The molecular formula is C21H21BrN4O2. The Labute approximate surface area is 172 Å². The number of nitrogens with one attached hydrogen (secondary N) is 1. The van der Waals surface area contributed by atoms with Crippen LogP contribution in [0.25, 0.3) is 10.8 Å². The predicted molar refractivity (Wildman–Crippen MR) is 113 cm³/mol. The van der Waals surface area contributed by atoms with Gasteiger partial charge in [0, 0.05) is 31.5 Å². The second-order valence-corrected chi connectivity index (χ2v) is 7.56. The second kappa shape index (κ2) is 8.56. The van der Waals surface area contributed by atoms with E-state index in [0.29, 0.717) is 5.75 Å². The van der Waals surface area contributed by atoms with Gasteiger partial charge >= 0.3 is 0 Å². The summed E-state index contributed by atoms with van der Waals surface area (Å²) in [6.07, 6.45) is 5.23. The molecule has 1 amide bonds. The van der Waals surface area contributed by atoms with Crippen LogP contribution >= 0.6 is 15.9 Å². The molecule has 2 heterocycles. The zero-order chi connectivity index (χ0) is 19.3. The van der Waals surface area contributed by atoms with Gasteiger partial charge in [-0.2, -0.15) is 0 Å². The summed E-state index contributed by atoms with van der Waals surface area (Å²) in [7, 11) is 0. The molecule has 0 unspecified atom stereocenters. The van der Waals surface area contributed by atoms with Gasteiger partial charge in [-0.15, -0.1) is 0 Å². The number of carbonyl (C=O) groups excluding carboxylic acids is 1. The molecule has 7 heteroatoms. The van der Waals surface area contributed by atoms with Gasteiger partial charge in [0.05, 0.1) is 4.47 Å². The highest BCUT2D eigenvalue weighted by atomic mass is 79.9. The number of carbonyl (C=O) groups is 1. The van der Waals surface area contributed by atoms with E-state index in [0.717, 1.165) is 47.1 Å². The molecule has 1 aliphatic rings. The van der Waals surface area contributed by atoms with Gasteiger partial charge in [0.15, 0.2) is 6.61 Å². The summed E-state index contributed by atoms with van der Waals surface area (Å²) in [5, 5.41) is 5.26. The monoisotopic (exact) mass is 440 g/mol. The standard InChI is InChI=1S/C21H21BrN4O2/c22-20-17-5-2-1-4-15(17)6-7-18(20)28-14-19(27)25-16-8-12-26(13-9-16)21-23-10-3-11-24-21/h1-7,10-11,16H,8-9,12-14H2,(H,25,27). The van der Waals surface area contributed by atoms with Crippen LogP contribution in [0.5, 0.6) is 5.75 Å². The molecule has 0 atom stereocenters. The van der Waals surface area contributed by atoms with E-state index in [-0.39, 0.29) is 18.6 Å². The number of benzene rings is 2. The lowest BCUT2D eigenvalue weighted by molar-refractivity contribution is -0.123. The van der Waals surface area contributed by atoms with E-state index in [1.807, 2.05) is 42.5 Å². The first kappa shape index (κ1) is 18.7. The smallest absolute Gasteiger partial charge is 0.258 e. The highest BCUT2D eigenvalue weighted by Crippen LogP contribution is 2.32. The number of hydrogen-bond donors (Lipinski definition) is 1. The zero-order valence-electron chi connectivity index (χ0n) is 15.3. The van der Waals surface area contributed by atoms with Crippen LogP contribution in [-0.4, -0.2) is 41.6 Å². The number of fused-ring (bicyclic) bond motifs is 1. The summed E-state index contributed by atoms with van der Waals surface area (Å²) in [6.45, 7) is 1.65. The largest absolute Gasteiger partial charge is 0.483 e. The van der Waals surface area contributed by atoms with Crippen molar-refractivity contribution in [3.63, 3.8) is 0 Å². The van der Waals surface area contributed by atoms with Crippen LogP contribution in [0, 0.1) is 0 Å². The molecule has 1 saturated heterocycles. The number of aromatic nitrogens is 2.